The van der Waals surface area contributed by atoms with Crippen LogP contribution in [0.25, 0.3) is 0 Å². The van der Waals surface area contributed by atoms with Crippen LogP contribution in [0.2, 0.25) is 0 Å². The van der Waals surface area contributed by atoms with Gasteiger partial charge in [-0.3, -0.25) is 19.4 Å². The Morgan fingerprint density at radius 1 is 1.14 bits per heavy atom. The topological polar surface area (TPSA) is 103 Å². The number of nitrogens with two attached hydrogens (primary N) is 1. The van der Waals surface area contributed by atoms with Gasteiger partial charge in [0.1, 0.15) is 6.54 Å². The number of primary amides is 1. The van der Waals surface area contributed by atoms with Gasteiger partial charge in [-0.15, -0.1) is 0 Å². The third kappa shape index (κ3) is 2.54. The predicted octanol–water partition coefficient (Wildman–Crippen LogP) is 0.730. The van der Waals surface area contributed by atoms with Crippen molar-refractivity contribution >= 4 is 29.5 Å². The number of fused-ring (bicyclic) bond motifs is 3. The molecular weight excluding hydrogens is 360 g/mol. The Bertz CT molecular complexity index is 948. The zero-order valence-corrected chi connectivity index (χ0v) is 16.2. The van der Waals surface area contributed by atoms with Gasteiger partial charge in [-0.25, -0.2) is 9.79 Å². The van der Waals surface area contributed by atoms with Gasteiger partial charge in [0.25, 0.3) is 5.91 Å². The van der Waals surface area contributed by atoms with Crippen molar-refractivity contribution in [3.63, 3.8) is 0 Å². The maximum Gasteiger partial charge on any atom is 0.328 e. The number of guanidine groups is 1. The van der Waals surface area contributed by atoms with E-state index in [-0.39, 0.29) is 0 Å². The highest BCUT2D eigenvalue weighted by Crippen LogP contribution is 2.36. The number of urea groups is 1. The van der Waals surface area contributed by atoms with Gasteiger partial charge in [0.2, 0.25) is 11.9 Å². The molecule has 1 saturated heterocycles. The van der Waals surface area contributed by atoms with Crippen molar-refractivity contribution in [2.45, 2.75) is 33.0 Å². The molecular formula is C19H22N6O3. The molecule has 9 heteroatoms. The smallest absolute Gasteiger partial charge is 0.328 e. The summed E-state index contributed by atoms with van der Waals surface area (Å²) in [6.45, 7) is 5.54. The van der Waals surface area contributed by atoms with Crippen LogP contribution in [0, 0.1) is 13.8 Å². The molecule has 4 rings (SSSR count). The van der Waals surface area contributed by atoms with Crippen molar-refractivity contribution in [1.29, 1.82) is 0 Å². The van der Waals surface area contributed by atoms with E-state index in [1.807, 2.05) is 31.9 Å². The number of imide groups is 1. The summed E-state index contributed by atoms with van der Waals surface area (Å²) in [7, 11) is 1.57. The highest BCUT2D eigenvalue weighted by molar-refractivity contribution is 6.10. The zero-order chi connectivity index (χ0) is 20.3. The molecule has 3 aliphatic heterocycles. The SMILES string of the molecule is CC1=CN2C(=NC3C2C(=O)N(CC(N)=O)C(=O)N3C)N1c1cc(C)cc(C)c1. The van der Waals surface area contributed by atoms with Crippen molar-refractivity contribution < 1.29 is 14.4 Å². The van der Waals surface area contributed by atoms with Crippen molar-refractivity contribution in [2.75, 3.05) is 18.5 Å². The van der Waals surface area contributed by atoms with Gasteiger partial charge in [0, 0.05) is 24.6 Å². The number of amides is 4. The van der Waals surface area contributed by atoms with E-state index in [0.717, 1.165) is 27.4 Å². The van der Waals surface area contributed by atoms with Crippen molar-refractivity contribution in [3.05, 3.63) is 41.2 Å². The van der Waals surface area contributed by atoms with Crippen LogP contribution in [0.4, 0.5) is 10.5 Å². The first-order valence-corrected chi connectivity index (χ1v) is 8.98. The fraction of sp³-hybridized carbons (Fsp3) is 0.368. The molecule has 0 aliphatic carbocycles. The Morgan fingerprint density at radius 2 is 1.79 bits per heavy atom. The third-order valence-electron chi connectivity index (χ3n) is 5.17. The van der Waals surface area contributed by atoms with Gasteiger partial charge >= 0.3 is 6.03 Å². The standard InChI is InChI=1S/C19H22N6O3/c1-10-5-11(2)7-13(6-10)25-12(3)8-23-15-16(21-18(23)25)22(4)19(28)24(17(15)27)9-14(20)26/h5-8,15-16H,9H2,1-4H3,(H2,20,26). The van der Waals surface area contributed by atoms with E-state index in [0.29, 0.717) is 5.96 Å². The van der Waals surface area contributed by atoms with Crippen LogP contribution in [0.3, 0.4) is 0 Å². The average Bonchev–Trinajstić information content (AvgIpc) is 3.10. The lowest BCUT2D eigenvalue weighted by molar-refractivity contribution is -0.139. The number of benzene rings is 1. The number of aliphatic imine (C=N–C) groups is 1. The molecule has 2 atom stereocenters. The number of hydrogen-bond donors (Lipinski definition) is 1. The molecule has 1 aromatic carbocycles. The van der Waals surface area contributed by atoms with Crippen LogP contribution >= 0.6 is 0 Å². The predicted molar refractivity (Wildman–Crippen MR) is 103 cm³/mol. The average molecular weight is 382 g/mol. The summed E-state index contributed by atoms with van der Waals surface area (Å²) >= 11 is 0. The van der Waals surface area contributed by atoms with Crippen LogP contribution < -0.4 is 10.6 Å². The lowest BCUT2D eigenvalue weighted by atomic mass is 10.1. The van der Waals surface area contributed by atoms with E-state index >= 15 is 0 Å². The summed E-state index contributed by atoms with van der Waals surface area (Å²) in [5.74, 6) is -0.624. The fourth-order valence-corrected chi connectivity index (χ4v) is 4.05. The van der Waals surface area contributed by atoms with Crippen LogP contribution in [-0.4, -0.2) is 64.3 Å². The molecule has 3 heterocycles. The van der Waals surface area contributed by atoms with E-state index in [2.05, 4.69) is 18.2 Å². The molecule has 0 aromatic heterocycles. The second kappa shape index (κ2) is 6.08. The molecule has 0 radical (unpaired) electrons. The van der Waals surface area contributed by atoms with E-state index in [1.54, 1.807) is 11.9 Å². The van der Waals surface area contributed by atoms with Gasteiger partial charge < -0.3 is 15.5 Å². The minimum absolute atomic E-state index is 0.447. The molecule has 0 saturated carbocycles. The maximum atomic E-state index is 13.0. The number of aryl methyl sites for hydroxylation is 2. The molecule has 3 aliphatic rings. The first kappa shape index (κ1) is 18.0. The molecule has 4 amide bonds. The number of carbonyl (C=O) groups is 3. The number of anilines is 1. The van der Waals surface area contributed by atoms with Gasteiger partial charge in [-0.2, -0.15) is 0 Å². The molecule has 2 N–H and O–H groups in total. The van der Waals surface area contributed by atoms with Gasteiger partial charge in [-0.1, -0.05) is 6.07 Å². The number of nitrogens with zero attached hydrogens (tertiary/aromatic N) is 5. The second-order valence-corrected chi connectivity index (χ2v) is 7.43. The molecule has 2 unspecified atom stereocenters. The van der Waals surface area contributed by atoms with E-state index < -0.39 is 36.6 Å². The summed E-state index contributed by atoms with van der Waals surface area (Å²) in [6.07, 6.45) is 1.20. The van der Waals surface area contributed by atoms with E-state index in [1.165, 1.54) is 4.90 Å². The molecule has 146 valence electrons. The third-order valence-corrected chi connectivity index (χ3v) is 5.17. The first-order valence-electron chi connectivity index (χ1n) is 8.98. The minimum Gasteiger partial charge on any atom is -0.368 e. The van der Waals surface area contributed by atoms with Crippen LogP contribution in [0.5, 0.6) is 0 Å². The minimum atomic E-state index is -0.738. The van der Waals surface area contributed by atoms with E-state index in [4.69, 9.17) is 10.7 Å². The largest absolute Gasteiger partial charge is 0.368 e. The Balaban J connectivity index is 1.74. The van der Waals surface area contributed by atoms with Gasteiger partial charge in [0.05, 0.1) is 0 Å². The molecule has 28 heavy (non-hydrogen) atoms. The highest BCUT2D eigenvalue weighted by atomic mass is 16.2. The van der Waals surface area contributed by atoms with Gasteiger partial charge in [-0.05, 0) is 44.0 Å². The molecule has 1 aromatic rings. The molecule has 0 spiro atoms. The lowest BCUT2D eigenvalue weighted by Crippen LogP contribution is -2.65. The Morgan fingerprint density at radius 3 is 2.39 bits per heavy atom. The lowest BCUT2D eigenvalue weighted by Gasteiger charge is -2.39. The normalized spacial score (nSPS) is 23.7. The number of likely N-dealkylation sites (N-methyl/N-ethyl adjacent to an activating group) is 1. The second-order valence-electron chi connectivity index (χ2n) is 7.43. The number of hydrogen-bond acceptors (Lipinski definition) is 6. The summed E-state index contributed by atoms with van der Waals surface area (Å²) in [6, 6.07) is 4.89. The maximum absolute atomic E-state index is 13.0. The zero-order valence-electron chi connectivity index (χ0n) is 16.2. The Hall–Kier alpha value is -3.36. The summed E-state index contributed by atoms with van der Waals surface area (Å²) in [5, 5.41) is 0. The summed E-state index contributed by atoms with van der Waals surface area (Å²) < 4.78 is 0. The summed E-state index contributed by atoms with van der Waals surface area (Å²) in [5.41, 5.74) is 9.32. The van der Waals surface area contributed by atoms with Crippen molar-refractivity contribution in [1.82, 2.24) is 14.7 Å². The number of rotatable bonds is 3. The monoisotopic (exact) mass is 382 g/mol. The van der Waals surface area contributed by atoms with Crippen LogP contribution in [0.15, 0.2) is 35.1 Å². The number of carbonyl (C=O) groups excluding carboxylic acids is 3. The van der Waals surface area contributed by atoms with E-state index in [9.17, 15) is 14.4 Å². The Kier molecular flexibility index (Phi) is 3.91. The van der Waals surface area contributed by atoms with Crippen LogP contribution in [-0.2, 0) is 9.59 Å². The van der Waals surface area contributed by atoms with Crippen molar-refractivity contribution in [2.24, 2.45) is 10.7 Å². The molecule has 1 fully saturated rings. The Labute approximate surface area is 162 Å². The molecule has 0 bridgehead atoms. The highest BCUT2D eigenvalue weighted by Gasteiger charge is 2.54. The molecule has 9 nitrogen and oxygen atoms in total. The fourth-order valence-electron chi connectivity index (χ4n) is 4.05. The van der Waals surface area contributed by atoms with Gasteiger partial charge in [0.15, 0.2) is 12.2 Å². The number of allylic oxidation sites excluding steroid dienone is 1. The van der Waals surface area contributed by atoms with Crippen LogP contribution in [0.1, 0.15) is 18.1 Å². The van der Waals surface area contributed by atoms with Crippen molar-refractivity contribution in [3.8, 4) is 0 Å². The first-order chi connectivity index (χ1) is 13.2. The quantitative estimate of drug-likeness (QED) is 0.830. The summed E-state index contributed by atoms with van der Waals surface area (Å²) in [4.78, 5) is 47.6.